The van der Waals surface area contributed by atoms with Crippen molar-refractivity contribution in [3.8, 4) is 5.75 Å². The second kappa shape index (κ2) is 6.62. The second-order valence-corrected chi connectivity index (χ2v) is 6.39. The van der Waals surface area contributed by atoms with Crippen LogP contribution in [0.3, 0.4) is 0 Å². The quantitative estimate of drug-likeness (QED) is 0.772. The Hall–Kier alpha value is -2.77. The van der Waals surface area contributed by atoms with Crippen LogP contribution in [0.25, 0.3) is 0 Å². The number of amides is 1. The Morgan fingerprint density at radius 2 is 2.00 bits per heavy atom. The van der Waals surface area contributed by atoms with Gasteiger partial charge in [-0.15, -0.1) is 0 Å². The lowest BCUT2D eigenvalue weighted by molar-refractivity contribution is -0.114. The van der Waals surface area contributed by atoms with Crippen LogP contribution in [0.2, 0.25) is 0 Å². The molecule has 134 valence electrons. The Morgan fingerprint density at radius 3 is 2.64 bits per heavy atom. The summed E-state index contributed by atoms with van der Waals surface area (Å²) in [4.78, 5) is 22.1. The number of nitrogens with one attached hydrogen (secondary N) is 1. The van der Waals surface area contributed by atoms with Crippen LogP contribution in [0.1, 0.15) is 39.0 Å². The van der Waals surface area contributed by atoms with Crippen molar-refractivity contribution in [2.75, 3.05) is 17.3 Å². The Labute approximate surface area is 146 Å². The highest BCUT2D eigenvalue weighted by Crippen LogP contribution is 2.43. The maximum Gasteiger partial charge on any atom is 0.221 e. The fourth-order valence-electron chi connectivity index (χ4n) is 3.62. The highest BCUT2D eigenvalue weighted by molar-refractivity contribution is 6.06. The number of hydrogen-bond donors (Lipinski definition) is 3. The maximum atomic E-state index is 11.4. The largest absolute Gasteiger partial charge is 0.495 e. The van der Waals surface area contributed by atoms with Gasteiger partial charge in [0, 0.05) is 12.6 Å². The van der Waals surface area contributed by atoms with Crippen LogP contribution < -0.4 is 26.4 Å². The first kappa shape index (κ1) is 17.1. The van der Waals surface area contributed by atoms with E-state index in [2.05, 4.69) is 15.3 Å². The van der Waals surface area contributed by atoms with Gasteiger partial charge in [-0.1, -0.05) is 6.42 Å². The van der Waals surface area contributed by atoms with Gasteiger partial charge < -0.3 is 21.5 Å². The van der Waals surface area contributed by atoms with E-state index in [-0.39, 0.29) is 17.8 Å². The summed E-state index contributed by atoms with van der Waals surface area (Å²) in [6.45, 7) is 1.47. The van der Waals surface area contributed by atoms with Gasteiger partial charge in [-0.3, -0.25) is 9.69 Å². The first-order valence-electron chi connectivity index (χ1n) is 8.40. The van der Waals surface area contributed by atoms with Gasteiger partial charge in [-0.25, -0.2) is 4.99 Å². The minimum absolute atomic E-state index is 0.147. The predicted octanol–water partition coefficient (Wildman–Crippen LogP) is 1.76. The first-order valence-corrected chi connectivity index (χ1v) is 8.40. The average molecular weight is 344 g/mol. The topological polar surface area (TPSA) is 118 Å². The number of nitrogens with two attached hydrogens (primary N) is 2. The van der Waals surface area contributed by atoms with E-state index < -0.39 is 5.66 Å². The van der Waals surface area contributed by atoms with Gasteiger partial charge in [-0.2, -0.15) is 4.99 Å². The molecular formula is C17H24N6O2. The van der Waals surface area contributed by atoms with Crippen molar-refractivity contribution < 1.29 is 9.53 Å². The SMILES string of the molecule is COc1ccc(NC(C)=O)cc1N1C(N)=NC(N)=NC12CCCCC2. The number of carbonyl (C=O) groups is 1. The van der Waals surface area contributed by atoms with Crippen LogP contribution in [0.4, 0.5) is 11.4 Å². The number of methoxy groups -OCH3 is 1. The zero-order valence-electron chi connectivity index (χ0n) is 14.6. The Bertz CT molecular complexity index is 737. The van der Waals surface area contributed by atoms with Crippen molar-refractivity contribution in [2.24, 2.45) is 21.5 Å². The molecule has 25 heavy (non-hydrogen) atoms. The van der Waals surface area contributed by atoms with Crippen LogP contribution in [-0.2, 0) is 4.79 Å². The van der Waals surface area contributed by atoms with Gasteiger partial charge in [0.2, 0.25) is 17.8 Å². The smallest absolute Gasteiger partial charge is 0.221 e. The van der Waals surface area contributed by atoms with Gasteiger partial charge in [0.15, 0.2) is 0 Å². The minimum Gasteiger partial charge on any atom is -0.495 e. The molecule has 5 N–H and O–H groups in total. The minimum atomic E-state index is -0.559. The molecule has 0 unspecified atom stereocenters. The number of anilines is 2. The first-order chi connectivity index (χ1) is 11.9. The van der Waals surface area contributed by atoms with E-state index in [1.54, 1.807) is 19.2 Å². The molecule has 0 aromatic heterocycles. The van der Waals surface area contributed by atoms with Crippen LogP contribution >= 0.6 is 0 Å². The summed E-state index contributed by atoms with van der Waals surface area (Å²) in [6.07, 6.45) is 4.89. The summed E-state index contributed by atoms with van der Waals surface area (Å²) >= 11 is 0. The van der Waals surface area contributed by atoms with Crippen LogP contribution in [0, 0.1) is 0 Å². The number of nitrogens with zero attached hydrogens (tertiary/aromatic N) is 3. The van der Waals surface area contributed by atoms with Gasteiger partial charge in [0.1, 0.15) is 11.4 Å². The van der Waals surface area contributed by atoms with Crippen molar-refractivity contribution in [3.05, 3.63) is 18.2 Å². The Morgan fingerprint density at radius 1 is 1.28 bits per heavy atom. The van der Waals surface area contributed by atoms with E-state index in [1.165, 1.54) is 6.92 Å². The molecule has 2 aliphatic rings. The third kappa shape index (κ3) is 3.24. The van der Waals surface area contributed by atoms with Crippen molar-refractivity contribution in [1.29, 1.82) is 0 Å². The number of carbonyl (C=O) groups excluding carboxylic acids is 1. The molecule has 0 bridgehead atoms. The van der Waals surface area contributed by atoms with E-state index in [9.17, 15) is 4.79 Å². The standard InChI is InChI=1S/C17H24N6O2/c1-11(24)20-12-6-7-14(25-2)13(10-12)23-16(19)21-15(18)22-17(23)8-4-3-5-9-17/h6-7,10H,3-5,8-9H2,1-2H3,(H,20,24)(H4,18,19,21,22). The van der Waals surface area contributed by atoms with E-state index in [0.29, 0.717) is 17.1 Å². The molecule has 8 nitrogen and oxygen atoms in total. The number of hydrogen-bond acceptors (Lipinski definition) is 7. The third-order valence-electron chi connectivity index (χ3n) is 4.59. The lowest BCUT2D eigenvalue weighted by atomic mass is 9.87. The van der Waals surface area contributed by atoms with E-state index in [0.717, 1.165) is 32.1 Å². The van der Waals surface area contributed by atoms with Crippen LogP contribution in [0.15, 0.2) is 28.2 Å². The molecule has 1 aromatic rings. The van der Waals surface area contributed by atoms with Crippen molar-refractivity contribution in [2.45, 2.75) is 44.7 Å². The highest BCUT2D eigenvalue weighted by Gasteiger charge is 2.43. The lowest BCUT2D eigenvalue weighted by Gasteiger charge is -2.45. The number of aliphatic imine (C=N–C) groups is 2. The fourth-order valence-corrected chi connectivity index (χ4v) is 3.62. The summed E-state index contributed by atoms with van der Waals surface area (Å²) in [5.74, 6) is 0.972. The molecule has 1 aromatic carbocycles. The van der Waals surface area contributed by atoms with E-state index in [4.69, 9.17) is 16.2 Å². The van der Waals surface area contributed by atoms with Gasteiger partial charge in [-0.05, 0) is 43.9 Å². The molecule has 0 saturated heterocycles. The summed E-state index contributed by atoms with van der Waals surface area (Å²) in [5.41, 5.74) is 13.0. The lowest BCUT2D eigenvalue weighted by Crippen LogP contribution is -2.58. The van der Waals surface area contributed by atoms with Crippen molar-refractivity contribution in [3.63, 3.8) is 0 Å². The average Bonchev–Trinajstić information content (AvgIpc) is 2.54. The normalized spacial score (nSPS) is 19.2. The molecule has 0 radical (unpaired) electrons. The Balaban J connectivity index is 2.11. The van der Waals surface area contributed by atoms with Gasteiger partial charge in [0.05, 0.1) is 12.8 Å². The second-order valence-electron chi connectivity index (χ2n) is 6.39. The predicted molar refractivity (Wildman–Crippen MR) is 98.8 cm³/mol. The number of ether oxygens (including phenoxy) is 1. The molecule has 1 spiro atoms. The summed E-state index contributed by atoms with van der Waals surface area (Å²) in [5, 5.41) is 2.79. The summed E-state index contributed by atoms with van der Waals surface area (Å²) < 4.78 is 5.52. The van der Waals surface area contributed by atoms with Crippen molar-refractivity contribution in [1.82, 2.24) is 0 Å². The molecule has 3 rings (SSSR count). The summed E-state index contributed by atoms with van der Waals surface area (Å²) in [7, 11) is 1.60. The summed E-state index contributed by atoms with van der Waals surface area (Å²) in [6, 6.07) is 5.41. The molecular weight excluding hydrogens is 320 g/mol. The number of benzene rings is 1. The number of rotatable bonds is 3. The third-order valence-corrected chi connectivity index (χ3v) is 4.59. The van der Waals surface area contributed by atoms with Crippen LogP contribution in [0.5, 0.6) is 5.75 Å². The number of guanidine groups is 2. The Kier molecular flexibility index (Phi) is 4.52. The van der Waals surface area contributed by atoms with Crippen molar-refractivity contribution >= 4 is 29.2 Å². The zero-order valence-corrected chi connectivity index (χ0v) is 14.6. The monoisotopic (exact) mass is 344 g/mol. The van der Waals surface area contributed by atoms with E-state index in [1.807, 2.05) is 11.0 Å². The molecule has 1 saturated carbocycles. The molecule has 1 fully saturated rings. The zero-order chi connectivity index (χ0) is 18.0. The van der Waals surface area contributed by atoms with Gasteiger partial charge >= 0.3 is 0 Å². The molecule has 8 heteroatoms. The fraction of sp³-hybridized carbons (Fsp3) is 0.471. The molecule has 1 aliphatic carbocycles. The molecule has 1 heterocycles. The van der Waals surface area contributed by atoms with E-state index >= 15 is 0 Å². The molecule has 1 aliphatic heterocycles. The highest BCUT2D eigenvalue weighted by atomic mass is 16.5. The molecule has 1 amide bonds. The molecule has 0 atom stereocenters. The van der Waals surface area contributed by atoms with Gasteiger partial charge in [0.25, 0.3) is 0 Å². The van der Waals surface area contributed by atoms with Crippen LogP contribution in [-0.4, -0.2) is 30.6 Å². The maximum absolute atomic E-state index is 11.4.